The van der Waals surface area contributed by atoms with Gasteiger partial charge in [-0.05, 0) is 44.0 Å². The summed E-state index contributed by atoms with van der Waals surface area (Å²) in [6.07, 6.45) is 0.311. The smallest absolute Gasteiger partial charge is 0.193 e. The molecular weight excluding hydrogens is 340 g/mol. The number of guanidine groups is 1. The van der Waals surface area contributed by atoms with E-state index in [9.17, 15) is 8.78 Å². The molecule has 0 saturated heterocycles. The van der Waals surface area contributed by atoms with Crippen molar-refractivity contribution in [2.45, 2.75) is 20.3 Å². The van der Waals surface area contributed by atoms with Gasteiger partial charge < -0.3 is 20.5 Å². The van der Waals surface area contributed by atoms with Gasteiger partial charge in [0.05, 0.1) is 18.9 Å². The summed E-state index contributed by atoms with van der Waals surface area (Å²) in [6.45, 7) is 5.09. The highest BCUT2D eigenvalue weighted by atomic mass is 19.1. The molecule has 2 aromatic rings. The fraction of sp³-hybridized carbons (Fsp3) is 0.316. The molecule has 0 atom stereocenters. The van der Waals surface area contributed by atoms with Gasteiger partial charge in [0.25, 0.3) is 0 Å². The van der Waals surface area contributed by atoms with E-state index >= 15 is 0 Å². The first kappa shape index (κ1) is 19.5. The number of nitrogens with two attached hydrogens (primary N) is 1. The number of anilines is 1. The van der Waals surface area contributed by atoms with Gasteiger partial charge in [-0.2, -0.15) is 0 Å². The van der Waals surface area contributed by atoms with Crippen LogP contribution in [-0.2, 0) is 6.42 Å². The molecule has 140 valence electrons. The lowest BCUT2D eigenvalue weighted by molar-refractivity contribution is 0.332. The summed E-state index contributed by atoms with van der Waals surface area (Å²) >= 11 is 0. The van der Waals surface area contributed by atoms with Gasteiger partial charge in [-0.25, -0.2) is 8.78 Å². The van der Waals surface area contributed by atoms with Crippen molar-refractivity contribution in [3.8, 4) is 11.5 Å². The Labute approximate surface area is 151 Å². The Balaban J connectivity index is 2.04. The van der Waals surface area contributed by atoms with E-state index in [1.54, 1.807) is 12.1 Å². The largest absolute Gasteiger partial charge is 0.494 e. The molecule has 7 heteroatoms. The number of aliphatic imine (C=N–C) groups is 1. The van der Waals surface area contributed by atoms with E-state index in [1.807, 2.05) is 19.9 Å². The van der Waals surface area contributed by atoms with Crippen molar-refractivity contribution >= 4 is 11.6 Å². The third kappa shape index (κ3) is 5.61. The highest BCUT2D eigenvalue weighted by Gasteiger charge is 2.08. The van der Waals surface area contributed by atoms with Crippen molar-refractivity contribution in [3.05, 3.63) is 53.6 Å². The van der Waals surface area contributed by atoms with Crippen LogP contribution >= 0.6 is 0 Å². The molecule has 0 fully saturated rings. The number of benzene rings is 2. The summed E-state index contributed by atoms with van der Waals surface area (Å²) < 4.78 is 37.6. The lowest BCUT2D eigenvalue weighted by Crippen LogP contribution is -2.23. The molecule has 0 bridgehead atoms. The topological polar surface area (TPSA) is 68.9 Å². The second kappa shape index (κ2) is 9.60. The monoisotopic (exact) mass is 363 g/mol. The molecule has 0 aromatic heterocycles. The number of halogens is 2. The Morgan fingerprint density at radius 3 is 2.54 bits per heavy atom. The molecule has 26 heavy (non-hydrogen) atoms. The van der Waals surface area contributed by atoms with Crippen LogP contribution in [0.15, 0.2) is 41.4 Å². The molecule has 3 N–H and O–H groups in total. The van der Waals surface area contributed by atoms with Crippen molar-refractivity contribution in [1.82, 2.24) is 0 Å². The second-order valence-electron chi connectivity index (χ2n) is 5.40. The normalized spacial score (nSPS) is 11.3. The number of ether oxygens (including phenoxy) is 2. The average Bonchev–Trinajstić information content (AvgIpc) is 2.59. The van der Waals surface area contributed by atoms with Crippen LogP contribution in [0.3, 0.4) is 0 Å². The van der Waals surface area contributed by atoms with Crippen molar-refractivity contribution < 1.29 is 18.3 Å². The molecule has 0 spiro atoms. The standard InChI is InChI=1S/C19H23F2N3O2/c1-3-25-15-7-8-18(26-4-2)17(12-15)24-19(22)23-10-9-13-5-6-14(20)11-16(13)21/h5-8,11-12H,3-4,9-10H2,1-2H3,(H3,22,23,24). The van der Waals surface area contributed by atoms with Crippen LogP contribution in [0, 0.1) is 11.6 Å². The molecule has 0 radical (unpaired) electrons. The zero-order valence-corrected chi connectivity index (χ0v) is 14.9. The Morgan fingerprint density at radius 2 is 1.85 bits per heavy atom. The fourth-order valence-corrected chi connectivity index (χ4v) is 2.34. The van der Waals surface area contributed by atoms with E-state index < -0.39 is 11.6 Å². The number of hydrogen-bond acceptors (Lipinski definition) is 3. The van der Waals surface area contributed by atoms with Crippen LogP contribution < -0.4 is 20.5 Å². The summed E-state index contributed by atoms with van der Waals surface area (Å²) in [4.78, 5) is 4.18. The summed E-state index contributed by atoms with van der Waals surface area (Å²) in [5, 5.41) is 2.97. The Hall–Kier alpha value is -2.83. The SMILES string of the molecule is CCOc1ccc(OCC)c(NC(N)=NCCc2ccc(F)cc2F)c1. The Bertz CT molecular complexity index is 766. The first-order valence-electron chi connectivity index (χ1n) is 8.44. The van der Waals surface area contributed by atoms with Gasteiger partial charge in [0.15, 0.2) is 5.96 Å². The highest BCUT2D eigenvalue weighted by Crippen LogP contribution is 2.29. The molecule has 2 rings (SSSR count). The van der Waals surface area contributed by atoms with E-state index in [1.165, 1.54) is 12.1 Å². The van der Waals surface area contributed by atoms with E-state index in [-0.39, 0.29) is 12.5 Å². The molecule has 2 aromatic carbocycles. The molecule has 0 unspecified atom stereocenters. The van der Waals surface area contributed by atoms with Gasteiger partial charge in [0.1, 0.15) is 23.1 Å². The first-order valence-corrected chi connectivity index (χ1v) is 8.44. The first-order chi connectivity index (χ1) is 12.5. The van der Waals surface area contributed by atoms with Crippen LogP contribution in [-0.4, -0.2) is 25.7 Å². The lowest BCUT2D eigenvalue weighted by atomic mass is 10.1. The predicted molar refractivity (Wildman–Crippen MR) is 99.0 cm³/mol. The zero-order valence-electron chi connectivity index (χ0n) is 14.9. The average molecular weight is 363 g/mol. The molecule has 5 nitrogen and oxygen atoms in total. The minimum absolute atomic E-state index is 0.169. The Kier molecular flexibility index (Phi) is 7.20. The van der Waals surface area contributed by atoms with Crippen LogP contribution in [0.2, 0.25) is 0 Å². The molecule has 0 aliphatic heterocycles. The molecule has 0 heterocycles. The maximum absolute atomic E-state index is 13.6. The lowest BCUT2D eigenvalue weighted by Gasteiger charge is -2.14. The van der Waals surface area contributed by atoms with Gasteiger partial charge in [-0.1, -0.05) is 6.07 Å². The van der Waals surface area contributed by atoms with Crippen LogP contribution in [0.1, 0.15) is 19.4 Å². The van der Waals surface area contributed by atoms with Gasteiger partial charge in [0.2, 0.25) is 0 Å². The number of hydrogen-bond donors (Lipinski definition) is 2. The van der Waals surface area contributed by atoms with Gasteiger partial charge in [0, 0.05) is 18.7 Å². The molecule has 0 aliphatic carbocycles. The van der Waals surface area contributed by atoms with E-state index in [4.69, 9.17) is 15.2 Å². The number of nitrogens with one attached hydrogen (secondary N) is 1. The third-order valence-corrected chi connectivity index (χ3v) is 3.50. The quantitative estimate of drug-likeness (QED) is 0.554. The van der Waals surface area contributed by atoms with Crippen LogP contribution in [0.25, 0.3) is 0 Å². The minimum Gasteiger partial charge on any atom is -0.494 e. The molecule has 0 saturated carbocycles. The third-order valence-electron chi connectivity index (χ3n) is 3.50. The van der Waals surface area contributed by atoms with Gasteiger partial charge >= 0.3 is 0 Å². The number of nitrogens with zero attached hydrogens (tertiary/aromatic N) is 1. The van der Waals surface area contributed by atoms with Crippen molar-refractivity contribution in [1.29, 1.82) is 0 Å². The summed E-state index contributed by atoms with van der Waals surface area (Å²) in [5.74, 6) is 0.281. The zero-order chi connectivity index (χ0) is 18.9. The second-order valence-corrected chi connectivity index (χ2v) is 5.40. The minimum atomic E-state index is -0.603. The Morgan fingerprint density at radius 1 is 1.08 bits per heavy atom. The van der Waals surface area contributed by atoms with Crippen LogP contribution in [0.5, 0.6) is 11.5 Å². The fourth-order valence-electron chi connectivity index (χ4n) is 2.34. The van der Waals surface area contributed by atoms with Gasteiger partial charge in [-0.15, -0.1) is 0 Å². The maximum Gasteiger partial charge on any atom is 0.193 e. The van der Waals surface area contributed by atoms with E-state index in [2.05, 4.69) is 10.3 Å². The predicted octanol–water partition coefficient (Wildman–Crippen LogP) is 3.73. The van der Waals surface area contributed by atoms with E-state index in [0.717, 1.165) is 6.07 Å². The molecule has 0 aliphatic rings. The van der Waals surface area contributed by atoms with Crippen LogP contribution in [0.4, 0.5) is 14.5 Å². The highest BCUT2D eigenvalue weighted by molar-refractivity contribution is 5.94. The van der Waals surface area contributed by atoms with Crippen molar-refractivity contribution in [2.75, 3.05) is 25.1 Å². The summed E-state index contributed by atoms with van der Waals surface area (Å²) in [7, 11) is 0. The van der Waals surface area contributed by atoms with Gasteiger partial charge in [-0.3, -0.25) is 4.99 Å². The summed E-state index contributed by atoms with van der Waals surface area (Å²) in [6, 6.07) is 8.85. The van der Waals surface area contributed by atoms with Crippen molar-refractivity contribution in [2.24, 2.45) is 10.7 Å². The maximum atomic E-state index is 13.6. The van der Waals surface area contributed by atoms with E-state index in [0.29, 0.717) is 42.4 Å². The summed E-state index contributed by atoms with van der Waals surface area (Å²) in [5.41, 5.74) is 6.93. The molecule has 0 amide bonds. The van der Waals surface area contributed by atoms with Crippen molar-refractivity contribution in [3.63, 3.8) is 0 Å². The molecular formula is C19H23F2N3O2. The number of rotatable bonds is 8.